The van der Waals surface area contributed by atoms with Crippen LogP contribution in [-0.4, -0.2) is 28.2 Å². The van der Waals surface area contributed by atoms with Crippen LogP contribution < -0.4 is 0 Å². The first kappa shape index (κ1) is 7.73. The smallest absolute Gasteiger partial charge is 0.0880 e. The third-order valence-electron chi connectivity index (χ3n) is 2.20. The second kappa shape index (κ2) is 3.23. The molecular weight excluding hydrogens is 154 g/mol. The molecule has 0 unspecified atom stereocenters. The summed E-state index contributed by atoms with van der Waals surface area (Å²) in [4.78, 5) is 0. The van der Waals surface area contributed by atoms with Gasteiger partial charge in [0.25, 0.3) is 0 Å². The lowest BCUT2D eigenvalue weighted by molar-refractivity contribution is 0.0793. The molecule has 12 heavy (non-hydrogen) atoms. The van der Waals surface area contributed by atoms with Crippen molar-refractivity contribution >= 4 is 0 Å². The minimum Gasteiger partial charge on any atom is -0.381 e. The van der Waals surface area contributed by atoms with Gasteiger partial charge in [0.15, 0.2) is 0 Å². The van der Waals surface area contributed by atoms with E-state index in [1.165, 1.54) is 6.42 Å². The standard InChI is InChI=1S/C8H13N3O/c1-11-5-8(9-10-11)7-3-2-4-12-6-7/h5,7H,2-4,6H2,1H3/t7-/m0/s1. The van der Waals surface area contributed by atoms with Crippen LogP contribution in [0.15, 0.2) is 6.20 Å². The molecule has 1 saturated heterocycles. The van der Waals surface area contributed by atoms with E-state index in [9.17, 15) is 0 Å². The number of hydrogen-bond donors (Lipinski definition) is 0. The maximum Gasteiger partial charge on any atom is 0.0880 e. The van der Waals surface area contributed by atoms with Crippen LogP contribution in [0.3, 0.4) is 0 Å². The number of ether oxygens (including phenoxy) is 1. The van der Waals surface area contributed by atoms with Crippen molar-refractivity contribution in [2.75, 3.05) is 13.2 Å². The van der Waals surface area contributed by atoms with Crippen LogP contribution in [0.4, 0.5) is 0 Å². The summed E-state index contributed by atoms with van der Waals surface area (Å²) in [6.45, 7) is 1.70. The Balaban J connectivity index is 2.08. The van der Waals surface area contributed by atoms with Gasteiger partial charge in [0, 0.05) is 25.8 Å². The van der Waals surface area contributed by atoms with Gasteiger partial charge in [-0.25, -0.2) is 0 Å². The molecule has 0 amide bonds. The van der Waals surface area contributed by atoms with E-state index < -0.39 is 0 Å². The minimum absolute atomic E-state index is 0.465. The summed E-state index contributed by atoms with van der Waals surface area (Å²) >= 11 is 0. The van der Waals surface area contributed by atoms with Crippen molar-refractivity contribution in [1.82, 2.24) is 15.0 Å². The fourth-order valence-corrected chi connectivity index (χ4v) is 1.53. The second-order valence-electron chi connectivity index (χ2n) is 3.23. The fraction of sp³-hybridized carbons (Fsp3) is 0.750. The zero-order chi connectivity index (χ0) is 8.39. The number of aromatic nitrogens is 3. The van der Waals surface area contributed by atoms with Gasteiger partial charge in [-0.2, -0.15) is 0 Å². The maximum absolute atomic E-state index is 5.37. The number of nitrogens with zero attached hydrogens (tertiary/aromatic N) is 3. The predicted molar refractivity (Wildman–Crippen MR) is 43.8 cm³/mol. The molecule has 1 aromatic rings. The van der Waals surface area contributed by atoms with Crippen LogP contribution in [0.5, 0.6) is 0 Å². The highest BCUT2D eigenvalue weighted by Gasteiger charge is 2.18. The molecule has 0 aliphatic carbocycles. The Bertz CT molecular complexity index is 253. The Hall–Kier alpha value is -0.900. The summed E-state index contributed by atoms with van der Waals surface area (Å²) in [6, 6.07) is 0. The van der Waals surface area contributed by atoms with Crippen molar-refractivity contribution < 1.29 is 4.74 Å². The van der Waals surface area contributed by atoms with Gasteiger partial charge in [-0.3, -0.25) is 4.68 Å². The molecule has 0 aromatic carbocycles. The number of hydrogen-bond acceptors (Lipinski definition) is 3. The summed E-state index contributed by atoms with van der Waals surface area (Å²) < 4.78 is 7.11. The molecule has 66 valence electrons. The van der Waals surface area contributed by atoms with Crippen molar-refractivity contribution in [1.29, 1.82) is 0 Å². The largest absolute Gasteiger partial charge is 0.381 e. The highest BCUT2D eigenvalue weighted by Crippen LogP contribution is 2.22. The highest BCUT2D eigenvalue weighted by molar-refractivity contribution is 5.02. The monoisotopic (exact) mass is 167 g/mol. The Kier molecular flexibility index (Phi) is 2.08. The Morgan fingerprint density at radius 1 is 1.67 bits per heavy atom. The van der Waals surface area contributed by atoms with E-state index in [2.05, 4.69) is 10.3 Å². The molecule has 2 heterocycles. The molecule has 0 spiro atoms. The lowest BCUT2D eigenvalue weighted by Gasteiger charge is -2.19. The first-order valence-electron chi connectivity index (χ1n) is 4.30. The molecule has 0 bridgehead atoms. The van der Waals surface area contributed by atoms with E-state index in [4.69, 9.17) is 4.74 Å². The van der Waals surface area contributed by atoms with Gasteiger partial charge in [0.1, 0.15) is 0 Å². The Morgan fingerprint density at radius 2 is 2.58 bits per heavy atom. The molecule has 2 rings (SSSR count). The normalized spacial score (nSPS) is 24.2. The second-order valence-corrected chi connectivity index (χ2v) is 3.23. The molecule has 4 nitrogen and oxygen atoms in total. The number of rotatable bonds is 1. The Morgan fingerprint density at radius 3 is 3.17 bits per heavy atom. The van der Waals surface area contributed by atoms with E-state index in [0.29, 0.717) is 5.92 Å². The molecule has 1 aliphatic rings. The molecule has 0 saturated carbocycles. The predicted octanol–water partition coefficient (Wildman–Crippen LogP) is 0.709. The Labute approximate surface area is 71.5 Å². The lowest BCUT2D eigenvalue weighted by atomic mass is 9.99. The molecule has 1 aromatic heterocycles. The van der Waals surface area contributed by atoms with E-state index in [1.54, 1.807) is 4.68 Å². The molecule has 0 N–H and O–H groups in total. The quantitative estimate of drug-likeness (QED) is 0.618. The first-order chi connectivity index (χ1) is 5.86. The van der Waals surface area contributed by atoms with Gasteiger partial charge in [0.2, 0.25) is 0 Å². The van der Waals surface area contributed by atoms with Crippen LogP contribution in [0, 0.1) is 0 Å². The molecular formula is C8H13N3O. The van der Waals surface area contributed by atoms with Crippen molar-refractivity contribution in [2.24, 2.45) is 7.05 Å². The van der Waals surface area contributed by atoms with Gasteiger partial charge in [-0.05, 0) is 12.8 Å². The van der Waals surface area contributed by atoms with Gasteiger partial charge >= 0.3 is 0 Å². The van der Waals surface area contributed by atoms with Crippen molar-refractivity contribution in [3.05, 3.63) is 11.9 Å². The van der Waals surface area contributed by atoms with Crippen molar-refractivity contribution in [3.63, 3.8) is 0 Å². The van der Waals surface area contributed by atoms with Gasteiger partial charge in [0.05, 0.1) is 12.3 Å². The third kappa shape index (κ3) is 1.48. The summed E-state index contributed by atoms with van der Waals surface area (Å²) in [5, 5.41) is 7.98. The first-order valence-corrected chi connectivity index (χ1v) is 4.30. The summed E-state index contributed by atoms with van der Waals surface area (Å²) in [5.74, 6) is 0.465. The van der Waals surface area contributed by atoms with Crippen LogP contribution in [0.2, 0.25) is 0 Å². The van der Waals surface area contributed by atoms with E-state index in [-0.39, 0.29) is 0 Å². The molecule has 1 fully saturated rings. The minimum atomic E-state index is 0.465. The summed E-state index contributed by atoms with van der Waals surface area (Å²) in [6.07, 6.45) is 4.29. The number of aryl methyl sites for hydroxylation is 1. The van der Waals surface area contributed by atoms with E-state index in [1.807, 2.05) is 13.2 Å². The van der Waals surface area contributed by atoms with Crippen LogP contribution in [0.25, 0.3) is 0 Å². The van der Waals surface area contributed by atoms with Crippen molar-refractivity contribution in [3.8, 4) is 0 Å². The van der Waals surface area contributed by atoms with Gasteiger partial charge in [-0.1, -0.05) is 5.21 Å². The van der Waals surface area contributed by atoms with E-state index >= 15 is 0 Å². The van der Waals surface area contributed by atoms with Crippen LogP contribution in [-0.2, 0) is 11.8 Å². The molecule has 1 atom stereocenters. The van der Waals surface area contributed by atoms with E-state index in [0.717, 1.165) is 25.3 Å². The van der Waals surface area contributed by atoms with Gasteiger partial charge < -0.3 is 4.74 Å². The molecule has 4 heteroatoms. The summed E-state index contributed by atoms with van der Waals surface area (Å²) in [7, 11) is 1.89. The third-order valence-corrected chi connectivity index (χ3v) is 2.20. The van der Waals surface area contributed by atoms with Crippen LogP contribution in [0.1, 0.15) is 24.5 Å². The topological polar surface area (TPSA) is 39.9 Å². The SMILES string of the molecule is Cn1cc([C@H]2CCCOC2)nn1. The fourth-order valence-electron chi connectivity index (χ4n) is 1.53. The molecule has 0 radical (unpaired) electrons. The van der Waals surface area contributed by atoms with Gasteiger partial charge in [-0.15, -0.1) is 5.10 Å². The van der Waals surface area contributed by atoms with Crippen molar-refractivity contribution in [2.45, 2.75) is 18.8 Å². The highest BCUT2D eigenvalue weighted by atomic mass is 16.5. The molecule has 1 aliphatic heterocycles. The zero-order valence-electron chi connectivity index (χ0n) is 7.23. The van der Waals surface area contributed by atoms with Crippen LogP contribution >= 0.6 is 0 Å². The average Bonchev–Trinajstić information content (AvgIpc) is 2.54. The lowest BCUT2D eigenvalue weighted by Crippen LogP contribution is -2.15. The maximum atomic E-state index is 5.37. The average molecular weight is 167 g/mol. The summed E-state index contributed by atoms with van der Waals surface area (Å²) in [5.41, 5.74) is 1.07. The zero-order valence-corrected chi connectivity index (χ0v) is 7.23.